The van der Waals surface area contributed by atoms with Gasteiger partial charge in [0, 0.05) is 20.0 Å². The highest BCUT2D eigenvalue weighted by Gasteiger charge is 2.05. The number of aromatic hydroxyl groups is 1. The van der Waals surface area contributed by atoms with E-state index in [0.29, 0.717) is 0 Å². The van der Waals surface area contributed by atoms with Gasteiger partial charge in [0.1, 0.15) is 5.82 Å². The molecule has 0 radical (unpaired) electrons. The van der Waals surface area contributed by atoms with Crippen molar-refractivity contribution >= 4 is 0 Å². The quantitative estimate of drug-likeness (QED) is 0.766. The Balaban J connectivity index is 2.48. The van der Waals surface area contributed by atoms with Gasteiger partial charge in [0.2, 0.25) is 5.88 Å². The van der Waals surface area contributed by atoms with Crippen LogP contribution in [0.25, 0.3) is 0 Å². The molecule has 0 saturated carbocycles. The summed E-state index contributed by atoms with van der Waals surface area (Å²) in [5, 5.41) is 9.17. The molecule has 1 aromatic heterocycles. The van der Waals surface area contributed by atoms with Crippen LogP contribution in [0.5, 0.6) is 5.88 Å². The van der Waals surface area contributed by atoms with Gasteiger partial charge in [0.25, 0.3) is 0 Å². The van der Waals surface area contributed by atoms with E-state index in [9.17, 15) is 0 Å². The Morgan fingerprint density at radius 2 is 2.07 bits per heavy atom. The molecule has 0 aliphatic heterocycles. The molecule has 0 saturated heterocycles. The van der Waals surface area contributed by atoms with E-state index >= 15 is 0 Å². The lowest BCUT2D eigenvalue weighted by Crippen LogP contribution is -2.26. The van der Waals surface area contributed by atoms with Crippen molar-refractivity contribution in [1.82, 2.24) is 14.5 Å². The van der Waals surface area contributed by atoms with Crippen LogP contribution in [0.15, 0.2) is 6.20 Å². The van der Waals surface area contributed by atoms with Gasteiger partial charge in [-0.2, -0.15) is 4.98 Å². The fourth-order valence-electron chi connectivity index (χ4n) is 1.52. The molecule has 4 heteroatoms. The van der Waals surface area contributed by atoms with Crippen molar-refractivity contribution in [3.63, 3.8) is 0 Å². The molecule has 0 bridgehead atoms. The molecule has 80 valence electrons. The van der Waals surface area contributed by atoms with Gasteiger partial charge in [-0.05, 0) is 13.1 Å². The number of hydrogen-bond donors (Lipinski definition) is 1. The van der Waals surface area contributed by atoms with Crippen LogP contribution in [-0.4, -0.2) is 39.2 Å². The Kier molecular flexibility index (Phi) is 3.95. The van der Waals surface area contributed by atoms with E-state index in [0.717, 1.165) is 31.9 Å². The molecular weight excluding hydrogens is 178 g/mol. The predicted octanol–water partition coefficient (Wildman–Crippen LogP) is 1.01. The summed E-state index contributed by atoms with van der Waals surface area (Å²) in [6.07, 6.45) is 2.52. The second-order valence-electron chi connectivity index (χ2n) is 3.40. The summed E-state index contributed by atoms with van der Waals surface area (Å²) in [6, 6.07) is 0. The molecule has 0 aliphatic rings. The third-order valence-corrected chi connectivity index (χ3v) is 2.51. The maximum absolute atomic E-state index is 9.17. The topological polar surface area (TPSA) is 41.3 Å². The molecular formula is C10H19N3O. The number of likely N-dealkylation sites (N-methyl/N-ethyl adjacent to an activating group) is 1. The second-order valence-corrected chi connectivity index (χ2v) is 3.40. The molecule has 0 spiro atoms. The first-order chi connectivity index (χ1) is 6.67. The Morgan fingerprint density at radius 3 is 2.50 bits per heavy atom. The molecule has 1 N–H and O–H groups in total. The van der Waals surface area contributed by atoms with Crippen LogP contribution in [0.3, 0.4) is 0 Å². The molecule has 1 heterocycles. The third kappa shape index (κ3) is 2.73. The zero-order valence-corrected chi connectivity index (χ0v) is 9.19. The summed E-state index contributed by atoms with van der Waals surface area (Å²) >= 11 is 0. The average Bonchev–Trinajstić information content (AvgIpc) is 2.47. The molecule has 0 fully saturated rings. The Hall–Kier alpha value is -1.03. The molecule has 1 rings (SSSR count). The van der Waals surface area contributed by atoms with E-state index in [1.807, 2.05) is 11.6 Å². The number of aromatic nitrogens is 2. The molecule has 0 amide bonds. The van der Waals surface area contributed by atoms with Crippen molar-refractivity contribution in [2.75, 3.05) is 19.6 Å². The SMILES string of the molecule is CCN(CC)CCc1nc(O)cn1C. The molecule has 14 heavy (non-hydrogen) atoms. The van der Waals surface area contributed by atoms with Gasteiger partial charge in [0.05, 0.1) is 6.20 Å². The molecule has 0 aromatic carbocycles. The summed E-state index contributed by atoms with van der Waals surface area (Å²) < 4.78 is 1.87. The first kappa shape index (κ1) is 11.0. The number of nitrogens with zero attached hydrogens (tertiary/aromatic N) is 3. The van der Waals surface area contributed by atoms with E-state index in [1.54, 1.807) is 6.20 Å². The minimum absolute atomic E-state index is 0.113. The highest BCUT2D eigenvalue weighted by molar-refractivity contribution is 5.07. The van der Waals surface area contributed by atoms with Gasteiger partial charge >= 0.3 is 0 Å². The first-order valence-corrected chi connectivity index (χ1v) is 5.10. The summed E-state index contributed by atoms with van der Waals surface area (Å²) in [4.78, 5) is 6.38. The Labute approximate surface area is 85.2 Å². The first-order valence-electron chi connectivity index (χ1n) is 5.10. The maximum Gasteiger partial charge on any atom is 0.229 e. The van der Waals surface area contributed by atoms with Gasteiger partial charge in [-0.15, -0.1) is 0 Å². The van der Waals surface area contributed by atoms with Crippen LogP contribution in [-0.2, 0) is 13.5 Å². The summed E-state index contributed by atoms with van der Waals surface area (Å²) in [5.74, 6) is 1.05. The second kappa shape index (κ2) is 5.00. The van der Waals surface area contributed by atoms with Gasteiger partial charge < -0.3 is 14.6 Å². The van der Waals surface area contributed by atoms with Crippen LogP contribution in [0.4, 0.5) is 0 Å². The standard InChI is InChI=1S/C10H19N3O/c1-4-13(5-2)7-6-9-11-10(14)8-12(9)3/h8,14H,4-7H2,1-3H3. The average molecular weight is 197 g/mol. The predicted molar refractivity (Wildman–Crippen MR) is 56.4 cm³/mol. The minimum atomic E-state index is 0.113. The fraction of sp³-hybridized carbons (Fsp3) is 0.700. The molecule has 4 nitrogen and oxygen atoms in total. The molecule has 1 aromatic rings. The van der Waals surface area contributed by atoms with E-state index in [2.05, 4.69) is 23.7 Å². The van der Waals surface area contributed by atoms with Gasteiger partial charge in [-0.25, -0.2) is 0 Å². The smallest absolute Gasteiger partial charge is 0.229 e. The molecule has 0 atom stereocenters. The van der Waals surface area contributed by atoms with Gasteiger partial charge in [-0.1, -0.05) is 13.8 Å². The van der Waals surface area contributed by atoms with E-state index < -0.39 is 0 Å². The zero-order chi connectivity index (χ0) is 10.6. The highest BCUT2D eigenvalue weighted by Crippen LogP contribution is 2.07. The van der Waals surface area contributed by atoms with E-state index in [4.69, 9.17) is 5.11 Å². The van der Waals surface area contributed by atoms with Gasteiger partial charge in [0.15, 0.2) is 0 Å². The summed E-state index contributed by atoms with van der Waals surface area (Å²) in [5.41, 5.74) is 0. The van der Waals surface area contributed by atoms with Crippen LogP contribution >= 0.6 is 0 Å². The number of hydrogen-bond acceptors (Lipinski definition) is 3. The van der Waals surface area contributed by atoms with E-state index in [-0.39, 0.29) is 5.88 Å². The number of rotatable bonds is 5. The minimum Gasteiger partial charge on any atom is -0.492 e. The normalized spacial score (nSPS) is 11.1. The third-order valence-electron chi connectivity index (χ3n) is 2.51. The lowest BCUT2D eigenvalue weighted by molar-refractivity contribution is 0.304. The molecule has 0 aliphatic carbocycles. The van der Waals surface area contributed by atoms with Crippen LogP contribution < -0.4 is 0 Å². The Bertz CT molecular complexity index is 279. The monoisotopic (exact) mass is 197 g/mol. The van der Waals surface area contributed by atoms with Gasteiger partial charge in [-0.3, -0.25) is 0 Å². The zero-order valence-electron chi connectivity index (χ0n) is 9.19. The largest absolute Gasteiger partial charge is 0.492 e. The lowest BCUT2D eigenvalue weighted by Gasteiger charge is -2.17. The van der Waals surface area contributed by atoms with E-state index in [1.165, 1.54) is 0 Å². The van der Waals surface area contributed by atoms with Crippen LogP contribution in [0.1, 0.15) is 19.7 Å². The lowest BCUT2D eigenvalue weighted by atomic mass is 10.3. The summed E-state index contributed by atoms with van der Waals surface area (Å²) in [6.45, 7) is 7.43. The maximum atomic E-state index is 9.17. The number of aryl methyl sites for hydroxylation is 1. The van der Waals surface area contributed by atoms with Crippen molar-refractivity contribution in [2.24, 2.45) is 7.05 Å². The van der Waals surface area contributed by atoms with Crippen LogP contribution in [0.2, 0.25) is 0 Å². The van der Waals surface area contributed by atoms with Crippen molar-refractivity contribution < 1.29 is 5.11 Å². The molecule has 0 unspecified atom stereocenters. The highest BCUT2D eigenvalue weighted by atomic mass is 16.3. The van der Waals surface area contributed by atoms with Crippen molar-refractivity contribution in [3.05, 3.63) is 12.0 Å². The van der Waals surface area contributed by atoms with Crippen molar-refractivity contribution in [2.45, 2.75) is 20.3 Å². The fourth-order valence-corrected chi connectivity index (χ4v) is 1.52. The van der Waals surface area contributed by atoms with Crippen LogP contribution in [0, 0.1) is 0 Å². The van der Waals surface area contributed by atoms with Crippen molar-refractivity contribution in [3.8, 4) is 5.88 Å². The number of imidazole rings is 1. The Morgan fingerprint density at radius 1 is 1.43 bits per heavy atom. The van der Waals surface area contributed by atoms with Crippen molar-refractivity contribution in [1.29, 1.82) is 0 Å². The summed E-state index contributed by atoms with van der Waals surface area (Å²) in [7, 11) is 1.91.